The summed E-state index contributed by atoms with van der Waals surface area (Å²) >= 11 is 1.06. The van der Waals surface area contributed by atoms with E-state index < -0.39 is 9.85 Å². The van der Waals surface area contributed by atoms with Gasteiger partial charge in [-0.05, 0) is 17.8 Å². The van der Waals surface area contributed by atoms with Gasteiger partial charge in [0.1, 0.15) is 0 Å². The molecule has 1 N–H and O–H groups in total. The summed E-state index contributed by atoms with van der Waals surface area (Å²) in [6.45, 7) is 0. The lowest BCUT2D eigenvalue weighted by atomic mass is 10.1. The monoisotopic (exact) mass is 418 g/mol. The van der Waals surface area contributed by atoms with Gasteiger partial charge >= 0.3 is 0 Å². The summed E-state index contributed by atoms with van der Waals surface area (Å²) in [4.78, 5) is 29.3. The molecule has 0 unspecified atom stereocenters. The molecule has 0 bridgehead atoms. The van der Waals surface area contributed by atoms with E-state index >= 15 is 0 Å². The van der Waals surface area contributed by atoms with Gasteiger partial charge in [0, 0.05) is 17.2 Å². The second kappa shape index (κ2) is 8.18. The number of nitrogens with zero attached hydrogens (tertiary/aromatic N) is 3. The molecule has 0 aliphatic rings. The highest BCUT2D eigenvalue weighted by molar-refractivity contribution is 7.99. The number of H-pyrrole nitrogens is 1. The van der Waals surface area contributed by atoms with Crippen LogP contribution in [0.25, 0.3) is 22.5 Å². The fourth-order valence-electron chi connectivity index (χ4n) is 2.97. The van der Waals surface area contributed by atoms with Gasteiger partial charge in [-0.1, -0.05) is 60.7 Å². The lowest BCUT2D eigenvalue weighted by Gasteiger charge is -2.02. The Kier molecular flexibility index (Phi) is 5.27. The molecule has 4 aromatic rings. The van der Waals surface area contributed by atoms with Crippen molar-refractivity contribution in [2.45, 2.75) is 10.1 Å². The summed E-state index contributed by atoms with van der Waals surface area (Å²) in [5, 5.41) is 22.9. The largest absolute Gasteiger partial charge is 0.332 e. The van der Waals surface area contributed by atoms with Gasteiger partial charge in [0.15, 0.2) is 5.16 Å². The SMILES string of the molecule is O=[N+]([O-])c1ccc(Sc2nc(-c3ccccc3)c(-c3ccccc3)[nH]2)c([N+](=O)[O-])c1. The van der Waals surface area contributed by atoms with E-state index in [9.17, 15) is 20.2 Å². The Labute approximate surface area is 174 Å². The molecule has 0 aliphatic heterocycles. The number of rotatable bonds is 6. The van der Waals surface area contributed by atoms with Crippen LogP contribution in [-0.4, -0.2) is 19.8 Å². The zero-order valence-corrected chi connectivity index (χ0v) is 16.2. The van der Waals surface area contributed by atoms with Crippen molar-refractivity contribution in [2.75, 3.05) is 0 Å². The number of aromatic nitrogens is 2. The molecule has 4 rings (SSSR count). The van der Waals surface area contributed by atoms with Crippen molar-refractivity contribution in [1.29, 1.82) is 0 Å². The predicted molar refractivity (Wildman–Crippen MR) is 113 cm³/mol. The Hall–Kier alpha value is -3.98. The van der Waals surface area contributed by atoms with Crippen molar-refractivity contribution in [3.05, 3.63) is 99.1 Å². The summed E-state index contributed by atoms with van der Waals surface area (Å²) in [5.41, 5.74) is 2.66. The average Bonchev–Trinajstić information content (AvgIpc) is 3.19. The number of benzene rings is 3. The molecule has 0 atom stereocenters. The van der Waals surface area contributed by atoms with E-state index in [1.807, 2.05) is 60.7 Å². The summed E-state index contributed by atoms with van der Waals surface area (Å²) in [6, 6.07) is 22.8. The maximum Gasteiger partial charge on any atom is 0.290 e. The van der Waals surface area contributed by atoms with E-state index in [0.717, 1.165) is 34.6 Å². The quantitative estimate of drug-likeness (QED) is 0.317. The molecule has 148 valence electrons. The standard InChI is InChI=1S/C21H14N4O4S/c26-24(27)16-11-12-18(17(13-16)25(28)29)30-21-22-19(14-7-3-1-4-8-14)20(23-21)15-9-5-2-6-10-15/h1-13H,(H,22,23). The average molecular weight is 418 g/mol. The van der Waals surface area contributed by atoms with Crippen LogP contribution >= 0.6 is 11.8 Å². The van der Waals surface area contributed by atoms with Gasteiger partial charge in [0.05, 0.1) is 32.2 Å². The fourth-order valence-corrected chi connectivity index (χ4v) is 3.84. The third kappa shape index (κ3) is 3.91. The Bertz CT molecular complexity index is 1170. The molecule has 0 saturated heterocycles. The van der Waals surface area contributed by atoms with Gasteiger partial charge in [0.25, 0.3) is 11.4 Å². The van der Waals surface area contributed by atoms with E-state index in [2.05, 4.69) is 9.97 Å². The molecule has 9 heteroatoms. The van der Waals surface area contributed by atoms with Crippen LogP contribution in [-0.2, 0) is 0 Å². The third-order valence-electron chi connectivity index (χ3n) is 4.35. The van der Waals surface area contributed by atoms with E-state index in [4.69, 9.17) is 0 Å². The number of aromatic amines is 1. The van der Waals surface area contributed by atoms with Crippen LogP contribution in [0.15, 0.2) is 88.9 Å². The molecule has 3 aromatic carbocycles. The molecule has 0 radical (unpaired) electrons. The molecular weight excluding hydrogens is 404 g/mol. The molecule has 1 heterocycles. The molecule has 0 amide bonds. The molecule has 0 aliphatic carbocycles. The van der Waals surface area contributed by atoms with Crippen LogP contribution in [0.1, 0.15) is 0 Å². The number of non-ortho nitro benzene ring substituents is 1. The van der Waals surface area contributed by atoms with Gasteiger partial charge in [-0.2, -0.15) is 0 Å². The number of imidazole rings is 1. The Balaban J connectivity index is 1.79. The minimum atomic E-state index is -0.657. The predicted octanol–water partition coefficient (Wildman–Crippen LogP) is 5.71. The highest BCUT2D eigenvalue weighted by Gasteiger charge is 2.22. The maximum absolute atomic E-state index is 11.4. The minimum absolute atomic E-state index is 0.263. The van der Waals surface area contributed by atoms with Gasteiger partial charge in [-0.25, -0.2) is 4.98 Å². The van der Waals surface area contributed by atoms with Gasteiger partial charge in [0.2, 0.25) is 0 Å². The van der Waals surface area contributed by atoms with Crippen molar-refractivity contribution in [3.63, 3.8) is 0 Å². The smallest absolute Gasteiger partial charge is 0.290 e. The van der Waals surface area contributed by atoms with Crippen LogP contribution in [0, 0.1) is 20.2 Å². The summed E-state index contributed by atoms with van der Waals surface area (Å²) in [5.74, 6) is 0. The van der Waals surface area contributed by atoms with Crippen molar-refractivity contribution in [2.24, 2.45) is 0 Å². The molecule has 0 spiro atoms. The van der Waals surface area contributed by atoms with E-state index in [0.29, 0.717) is 10.9 Å². The van der Waals surface area contributed by atoms with Crippen molar-refractivity contribution in [3.8, 4) is 22.5 Å². The number of nitro groups is 2. The Morgan fingerprint density at radius 1 is 0.800 bits per heavy atom. The summed E-state index contributed by atoms with van der Waals surface area (Å²) < 4.78 is 0. The molecule has 8 nitrogen and oxygen atoms in total. The topological polar surface area (TPSA) is 115 Å². The first-order chi connectivity index (χ1) is 14.5. The molecule has 30 heavy (non-hydrogen) atoms. The fraction of sp³-hybridized carbons (Fsp3) is 0. The Morgan fingerprint density at radius 3 is 2.03 bits per heavy atom. The van der Waals surface area contributed by atoms with E-state index in [1.54, 1.807) is 0 Å². The first-order valence-corrected chi connectivity index (χ1v) is 9.66. The van der Waals surface area contributed by atoms with Crippen LogP contribution in [0.4, 0.5) is 11.4 Å². The lowest BCUT2D eigenvalue weighted by Crippen LogP contribution is -1.94. The first kappa shape index (κ1) is 19.3. The number of nitrogens with one attached hydrogen (secondary N) is 1. The first-order valence-electron chi connectivity index (χ1n) is 8.84. The highest BCUT2D eigenvalue weighted by Crippen LogP contribution is 2.39. The molecular formula is C21H14N4O4S. The van der Waals surface area contributed by atoms with E-state index in [-0.39, 0.29) is 16.3 Å². The molecule has 0 saturated carbocycles. The number of nitro benzene ring substituents is 2. The second-order valence-electron chi connectivity index (χ2n) is 6.27. The Morgan fingerprint density at radius 2 is 1.43 bits per heavy atom. The van der Waals surface area contributed by atoms with Crippen molar-refractivity contribution < 1.29 is 9.85 Å². The summed E-state index contributed by atoms with van der Waals surface area (Å²) in [7, 11) is 0. The van der Waals surface area contributed by atoms with Crippen molar-refractivity contribution >= 4 is 23.1 Å². The number of hydrogen-bond acceptors (Lipinski definition) is 6. The zero-order chi connectivity index (χ0) is 21.1. The normalized spacial score (nSPS) is 10.7. The summed E-state index contributed by atoms with van der Waals surface area (Å²) in [6.07, 6.45) is 0. The minimum Gasteiger partial charge on any atom is -0.332 e. The van der Waals surface area contributed by atoms with Crippen LogP contribution < -0.4 is 0 Å². The lowest BCUT2D eigenvalue weighted by molar-refractivity contribution is -0.396. The highest BCUT2D eigenvalue weighted by atomic mass is 32.2. The third-order valence-corrected chi connectivity index (χ3v) is 5.30. The second-order valence-corrected chi connectivity index (χ2v) is 7.30. The van der Waals surface area contributed by atoms with Crippen molar-refractivity contribution in [1.82, 2.24) is 9.97 Å². The number of hydrogen-bond donors (Lipinski definition) is 1. The maximum atomic E-state index is 11.4. The van der Waals surface area contributed by atoms with Gasteiger partial charge in [-0.3, -0.25) is 20.2 Å². The van der Waals surface area contributed by atoms with Crippen LogP contribution in [0.2, 0.25) is 0 Å². The van der Waals surface area contributed by atoms with Crippen LogP contribution in [0.3, 0.4) is 0 Å². The van der Waals surface area contributed by atoms with Gasteiger partial charge in [-0.15, -0.1) is 0 Å². The molecule has 1 aromatic heterocycles. The van der Waals surface area contributed by atoms with E-state index in [1.165, 1.54) is 12.1 Å². The molecule has 0 fully saturated rings. The van der Waals surface area contributed by atoms with Crippen LogP contribution in [0.5, 0.6) is 0 Å². The zero-order valence-electron chi connectivity index (χ0n) is 15.4. The van der Waals surface area contributed by atoms with Gasteiger partial charge < -0.3 is 4.98 Å².